The summed E-state index contributed by atoms with van der Waals surface area (Å²) in [5.74, 6) is -0.722. The Morgan fingerprint density at radius 1 is 1.56 bits per heavy atom. The molecule has 1 aliphatic rings. The van der Waals surface area contributed by atoms with Crippen LogP contribution < -0.4 is 11.5 Å². The predicted molar refractivity (Wildman–Crippen MR) is 67.8 cm³/mol. The normalized spacial score (nSPS) is 19.8. The molecule has 0 bridgehead atoms. The van der Waals surface area contributed by atoms with E-state index in [1.165, 1.54) is 11.3 Å². The van der Waals surface area contributed by atoms with Crippen LogP contribution in [-0.2, 0) is 11.3 Å². The van der Waals surface area contributed by atoms with Gasteiger partial charge in [-0.05, 0) is 12.8 Å². The second-order valence-electron chi connectivity index (χ2n) is 4.32. The number of nitrogens with two attached hydrogens (primary N) is 2. The number of carbonyl (C=O) groups excluding carboxylic acids is 2. The van der Waals surface area contributed by atoms with E-state index in [4.69, 9.17) is 11.5 Å². The lowest BCUT2D eigenvalue weighted by atomic mass is 9.97. The molecule has 0 aromatic carbocycles. The first-order valence-corrected chi connectivity index (χ1v) is 6.73. The highest BCUT2D eigenvalue weighted by Crippen LogP contribution is 2.19. The molecule has 2 amide bonds. The highest BCUT2D eigenvalue weighted by molar-refractivity contribution is 7.09. The Labute approximate surface area is 109 Å². The quantitative estimate of drug-likeness (QED) is 0.801. The van der Waals surface area contributed by atoms with Gasteiger partial charge < -0.3 is 16.4 Å². The lowest BCUT2D eigenvalue weighted by Gasteiger charge is -2.30. The van der Waals surface area contributed by atoms with Crippen LogP contribution in [0.15, 0.2) is 5.38 Å². The molecule has 0 saturated carbocycles. The van der Waals surface area contributed by atoms with Crippen molar-refractivity contribution >= 4 is 23.2 Å². The first-order valence-electron chi connectivity index (χ1n) is 5.85. The molecule has 1 fully saturated rings. The zero-order valence-corrected chi connectivity index (χ0v) is 10.8. The number of hydrogen-bond donors (Lipinski definition) is 2. The number of piperidine rings is 1. The van der Waals surface area contributed by atoms with Gasteiger partial charge in [-0.15, -0.1) is 11.3 Å². The molecule has 98 valence electrons. The molecule has 2 rings (SSSR count). The molecule has 2 heterocycles. The number of aromatic nitrogens is 1. The molecule has 0 aliphatic carbocycles. The first-order chi connectivity index (χ1) is 8.61. The summed E-state index contributed by atoms with van der Waals surface area (Å²) < 4.78 is 0. The summed E-state index contributed by atoms with van der Waals surface area (Å²) >= 11 is 1.37. The minimum absolute atomic E-state index is 0.142. The largest absolute Gasteiger partial charge is 0.369 e. The number of hydrogen-bond acceptors (Lipinski definition) is 5. The van der Waals surface area contributed by atoms with Crippen molar-refractivity contribution < 1.29 is 9.59 Å². The summed E-state index contributed by atoms with van der Waals surface area (Å²) in [7, 11) is 0. The van der Waals surface area contributed by atoms with Crippen LogP contribution in [0.2, 0.25) is 0 Å². The maximum absolute atomic E-state index is 12.2. The highest BCUT2D eigenvalue weighted by Gasteiger charge is 2.28. The molecule has 6 nitrogen and oxygen atoms in total. The van der Waals surface area contributed by atoms with Gasteiger partial charge in [0.2, 0.25) is 5.91 Å². The number of primary amides is 1. The van der Waals surface area contributed by atoms with E-state index < -0.39 is 0 Å². The maximum Gasteiger partial charge on any atom is 0.273 e. The van der Waals surface area contributed by atoms with Gasteiger partial charge in [0.25, 0.3) is 5.91 Å². The van der Waals surface area contributed by atoms with E-state index in [9.17, 15) is 9.59 Å². The molecular formula is C11H16N4O2S. The van der Waals surface area contributed by atoms with E-state index in [0.717, 1.165) is 17.8 Å². The van der Waals surface area contributed by atoms with E-state index in [0.29, 0.717) is 25.3 Å². The lowest BCUT2D eigenvalue weighted by Crippen LogP contribution is -2.44. The van der Waals surface area contributed by atoms with Crippen LogP contribution in [-0.4, -0.2) is 34.8 Å². The molecular weight excluding hydrogens is 252 g/mol. The topological polar surface area (TPSA) is 102 Å². The maximum atomic E-state index is 12.2. The van der Waals surface area contributed by atoms with Crippen LogP contribution in [0.3, 0.4) is 0 Å². The van der Waals surface area contributed by atoms with Crippen LogP contribution >= 0.6 is 11.3 Å². The van der Waals surface area contributed by atoms with Gasteiger partial charge >= 0.3 is 0 Å². The standard InChI is InChI=1S/C11H16N4O2S/c12-4-9-14-8(6-18-9)11(17)15-3-1-2-7(5-15)10(13)16/h6-7H,1-5,12H2,(H2,13,16). The lowest BCUT2D eigenvalue weighted by molar-refractivity contribution is -0.123. The van der Waals surface area contributed by atoms with Gasteiger partial charge in [-0.1, -0.05) is 0 Å². The summed E-state index contributed by atoms with van der Waals surface area (Å²) in [6.45, 7) is 1.38. The minimum atomic E-state index is -0.339. The number of amides is 2. The van der Waals surface area contributed by atoms with Gasteiger partial charge in [0.1, 0.15) is 10.7 Å². The number of thiazole rings is 1. The van der Waals surface area contributed by atoms with Crippen LogP contribution in [0, 0.1) is 5.92 Å². The van der Waals surface area contributed by atoms with Crippen molar-refractivity contribution in [3.05, 3.63) is 16.1 Å². The summed E-state index contributed by atoms with van der Waals surface area (Å²) in [5, 5.41) is 2.44. The molecule has 0 radical (unpaired) electrons. The van der Waals surface area contributed by atoms with Crippen molar-refractivity contribution in [1.82, 2.24) is 9.88 Å². The average Bonchev–Trinajstić information content (AvgIpc) is 2.86. The summed E-state index contributed by atoms with van der Waals surface area (Å²) in [6, 6.07) is 0. The predicted octanol–water partition coefficient (Wildman–Crippen LogP) is -0.0607. The monoisotopic (exact) mass is 268 g/mol. The fourth-order valence-electron chi connectivity index (χ4n) is 2.06. The molecule has 1 aliphatic heterocycles. The van der Waals surface area contributed by atoms with Crippen LogP contribution in [0.1, 0.15) is 28.3 Å². The smallest absolute Gasteiger partial charge is 0.273 e. The van der Waals surface area contributed by atoms with Crippen molar-refractivity contribution in [2.45, 2.75) is 19.4 Å². The van der Waals surface area contributed by atoms with E-state index in [1.807, 2.05) is 0 Å². The Hall–Kier alpha value is -1.47. The minimum Gasteiger partial charge on any atom is -0.369 e. The van der Waals surface area contributed by atoms with Crippen LogP contribution in [0.25, 0.3) is 0 Å². The molecule has 18 heavy (non-hydrogen) atoms. The fraction of sp³-hybridized carbons (Fsp3) is 0.545. The van der Waals surface area contributed by atoms with Gasteiger partial charge in [0, 0.05) is 25.0 Å². The number of likely N-dealkylation sites (tertiary alicyclic amines) is 1. The second-order valence-corrected chi connectivity index (χ2v) is 5.27. The molecule has 1 saturated heterocycles. The molecule has 1 aromatic heterocycles. The Bertz CT molecular complexity index is 460. The van der Waals surface area contributed by atoms with Crippen molar-refractivity contribution in [2.75, 3.05) is 13.1 Å². The van der Waals surface area contributed by atoms with Crippen LogP contribution in [0.5, 0.6) is 0 Å². The molecule has 4 N–H and O–H groups in total. The highest BCUT2D eigenvalue weighted by atomic mass is 32.1. The van der Waals surface area contributed by atoms with Gasteiger partial charge in [0.15, 0.2) is 0 Å². The van der Waals surface area contributed by atoms with E-state index in [2.05, 4.69) is 4.98 Å². The third kappa shape index (κ3) is 2.68. The van der Waals surface area contributed by atoms with Gasteiger partial charge in [-0.3, -0.25) is 9.59 Å². The molecule has 7 heteroatoms. The third-order valence-electron chi connectivity index (χ3n) is 3.06. The summed E-state index contributed by atoms with van der Waals surface area (Å²) in [4.78, 5) is 29.1. The Kier molecular flexibility index (Phi) is 3.93. The molecule has 1 unspecified atom stereocenters. The van der Waals surface area contributed by atoms with Crippen molar-refractivity contribution in [3.63, 3.8) is 0 Å². The third-order valence-corrected chi connectivity index (χ3v) is 3.93. The molecule has 0 spiro atoms. The van der Waals surface area contributed by atoms with E-state index >= 15 is 0 Å². The van der Waals surface area contributed by atoms with E-state index in [1.54, 1.807) is 10.3 Å². The number of rotatable bonds is 3. The first kappa shape index (κ1) is 13.0. The molecule has 1 aromatic rings. The van der Waals surface area contributed by atoms with E-state index in [-0.39, 0.29) is 17.7 Å². The summed E-state index contributed by atoms with van der Waals surface area (Å²) in [5.41, 5.74) is 11.2. The summed E-state index contributed by atoms with van der Waals surface area (Å²) in [6.07, 6.45) is 1.55. The Morgan fingerprint density at radius 3 is 2.94 bits per heavy atom. The Morgan fingerprint density at radius 2 is 2.33 bits per heavy atom. The SMILES string of the molecule is NCc1nc(C(=O)N2CCCC(C(N)=O)C2)cs1. The zero-order valence-electron chi connectivity index (χ0n) is 9.96. The Balaban J connectivity index is 2.06. The van der Waals surface area contributed by atoms with Crippen molar-refractivity contribution in [3.8, 4) is 0 Å². The van der Waals surface area contributed by atoms with Gasteiger partial charge in [-0.25, -0.2) is 4.98 Å². The number of carbonyl (C=O) groups is 2. The van der Waals surface area contributed by atoms with Crippen LogP contribution in [0.4, 0.5) is 0 Å². The van der Waals surface area contributed by atoms with Gasteiger partial charge in [-0.2, -0.15) is 0 Å². The van der Waals surface area contributed by atoms with Crippen molar-refractivity contribution in [2.24, 2.45) is 17.4 Å². The zero-order chi connectivity index (χ0) is 13.1. The van der Waals surface area contributed by atoms with Crippen molar-refractivity contribution in [1.29, 1.82) is 0 Å². The average molecular weight is 268 g/mol. The molecule has 1 atom stereocenters. The number of nitrogens with zero attached hydrogens (tertiary/aromatic N) is 2. The van der Waals surface area contributed by atoms with Gasteiger partial charge in [0.05, 0.1) is 5.92 Å². The second kappa shape index (κ2) is 5.45. The fourth-order valence-corrected chi connectivity index (χ4v) is 2.71.